The summed E-state index contributed by atoms with van der Waals surface area (Å²) in [7, 11) is 0. The molecule has 4 aromatic carbocycles. The maximum absolute atomic E-state index is 13.6. The summed E-state index contributed by atoms with van der Waals surface area (Å²) in [5.74, 6) is -0.147. The second kappa shape index (κ2) is 9.57. The van der Waals surface area contributed by atoms with E-state index in [1.807, 2.05) is 66.4 Å². The van der Waals surface area contributed by atoms with Gasteiger partial charge in [-0.1, -0.05) is 66.4 Å². The Morgan fingerprint density at radius 3 is 2.29 bits per heavy atom. The van der Waals surface area contributed by atoms with Crippen molar-refractivity contribution in [1.29, 1.82) is 0 Å². The number of carbonyl (C=O) groups excluding carboxylic acids is 2. The lowest BCUT2D eigenvalue weighted by atomic mass is 10.1. The first-order valence-corrected chi connectivity index (χ1v) is 12.0. The number of nitrogens with one attached hydrogen (secondary N) is 1. The van der Waals surface area contributed by atoms with Crippen molar-refractivity contribution in [2.24, 2.45) is 0 Å². The van der Waals surface area contributed by atoms with Crippen LogP contribution in [0.15, 0.2) is 107 Å². The number of hydrogen-bond donors (Lipinski definition) is 1. The van der Waals surface area contributed by atoms with Crippen molar-refractivity contribution in [2.45, 2.75) is 29.7 Å². The lowest BCUT2D eigenvalue weighted by Crippen LogP contribution is -2.30. The van der Waals surface area contributed by atoms with E-state index in [9.17, 15) is 9.59 Å². The number of amides is 2. The van der Waals surface area contributed by atoms with Gasteiger partial charge in [-0.05, 0) is 66.1 Å². The fraction of sp³-hybridized carbons (Fsp3) is 0.103. The van der Waals surface area contributed by atoms with E-state index in [-0.39, 0.29) is 11.8 Å². The lowest BCUT2D eigenvalue weighted by Gasteiger charge is -2.23. The number of para-hydroxylation sites is 1. The van der Waals surface area contributed by atoms with E-state index in [4.69, 9.17) is 0 Å². The summed E-state index contributed by atoms with van der Waals surface area (Å²) in [4.78, 5) is 30.1. The predicted octanol–water partition coefficient (Wildman–Crippen LogP) is 6.49. The molecule has 0 unspecified atom stereocenters. The number of nitrogens with zero attached hydrogens (tertiary/aromatic N) is 1. The maximum Gasteiger partial charge on any atom is 0.258 e. The summed E-state index contributed by atoms with van der Waals surface area (Å²) in [6.07, 6.45) is 0.314. The molecule has 0 aliphatic carbocycles. The monoisotopic (exact) mass is 464 g/mol. The molecule has 5 heteroatoms. The number of anilines is 2. The van der Waals surface area contributed by atoms with Crippen molar-refractivity contribution in [1.82, 2.24) is 0 Å². The molecular weight excluding hydrogens is 440 g/mol. The molecule has 4 aromatic rings. The highest BCUT2D eigenvalue weighted by Crippen LogP contribution is 2.41. The van der Waals surface area contributed by atoms with Gasteiger partial charge in [0.05, 0.1) is 18.7 Å². The zero-order chi connectivity index (χ0) is 23.5. The molecule has 5 rings (SSSR count). The third kappa shape index (κ3) is 4.61. The molecule has 4 nitrogen and oxygen atoms in total. The molecule has 0 saturated carbocycles. The van der Waals surface area contributed by atoms with Crippen LogP contribution in [-0.4, -0.2) is 11.8 Å². The Morgan fingerprint density at radius 2 is 1.50 bits per heavy atom. The van der Waals surface area contributed by atoms with Crippen LogP contribution in [0.5, 0.6) is 0 Å². The zero-order valence-corrected chi connectivity index (χ0v) is 19.6. The quantitative estimate of drug-likeness (QED) is 0.376. The molecule has 34 heavy (non-hydrogen) atoms. The normalized spacial score (nSPS) is 12.3. The Hall–Kier alpha value is -3.83. The summed E-state index contributed by atoms with van der Waals surface area (Å²) >= 11 is 1.69. The van der Waals surface area contributed by atoms with Gasteiger partial charge in [-0.2, -0.15) is 0 Å². The van der Waals surface area contributed by atoms with E-state index < -0.39 is 0 Å². The van der Waals surface area contributed by atoms with Gasteiger partial charge >= 0.3 is 0 Å². The third-order valence-electron chi connectivity index (χ3n) is 5.95. The molecule has 0 saturated heterocycles. The molecule has 0 spiro atoms. The highest BCUT2D eigenvalue weighted by molar-refractivity contribution is 7.99. The number of benzene rings is 4. The van der Waals surface area contributed by atoms with Gasteiger partial charge in [0.1, 0.15) is 0 Å². The van der Waals surface area contributed by atoms with Crippen LogP contribution in [0.25, 0.3) is 0 Å². The molecule has 0 atom stereocenters. The second-order valence-corrected chi connectivity index (χ2v) is 9.38. The molecule has 0 radical (unpaired) electrons. The van der Waals surface area contributed by atoms with Gasteiger partial charge in [0.25, 0.3) is 5.91 Å². The minimum absolute atomic E-state index is 0.0671. The molecular formula is C29H24N2O2S. The largest absolute Gasteiger partial charge is 0.326 e. The molecule has 1 N–H and O–H groups in total. The summed E-state index contributed by atoms with van der Waals surface area (Å²) in [6, 6.07) is 31.2. The summed E-state index contributed by atoms with van der Waals surface area (Å²) in [5.41, 5.74) is 5.38. The van der Waals surface area contributed by atoms with Crippen molar-refractivity contribution >= 4 is 35.0 Å². The summed E-state index contributed by atoms with van der Waals surface area (Å²) in [6.45, 7) is 2.51. The first kappa shape index (κ1) is 22.0. The fourth-order valence-electron chi connectivity index (χ4n) is 4.09. The average Bonchev–Trinajstić information content (AvgIpc) is 3.02. The van der Waals surface area contributed by atoms with Crippen LogP contribution in [-0.2, 0) is 17.8 Å². The molecule has 1 heterocycles. The lowest BCUT2D eigenvalue weighted by molar-refractivity contribution is -0.115. The van der Waals surface area contributed by atoms with E-state index in [0.717, 1.165) is 32.2 Å². The first-order chi connectivity index (χ1) is 16.6. The third-order valence-corrected chi connectivity index (χ3v) is 7.13. The van der Waals surface area contributed by atoms with Gasteiger partial charge < -0.3 is 10.2 Å². The van der Waals surface area contributed by atoms with E-state index in [1.54, 1.807) is 36.0 Å². The van der Waals surface area contributed by atoms with Crippen molar-refractivity contribution in [2.75, 3.05) is 10.2 Å². The van der Waals surface area contributed by atoms with Gasteiger partial charge in [-0.25, -0.2) is 0 Å². The van der Waals surface area contributed by atoms with Crippen LogP contribution in [0.2, 0.25) is 0 Å². The van der Waals surface area contributed by atoms with Gasteiger partial charge in [0.2, 0.25) is 5.91 Å². The van der Waals surface area contributed by atoms with Crippen molar-refractivity contribution < 1.29 is 9.59 Å². The zero-order valence-electron chi connectivity index (χ0n) is 18.8. The second-order valence-electron chi connectivity index (χ2n) is 8.30. The first-order valence-electron chi connectivity index (χ1n) is 11.2. The Labute approximate surface area is 203 Å². The number of fused-ring (bicyclic) bond motifs is 2. The number of aryl methyl sites for hydroxylation is 1. The van der Waals surface area contributed by atoms with Crippen LogP contribution in [0.4, 0.5) is 11.4 Å². The van der Waals surface area contributed by atoms with E-state index in [2.05, 4.69) is 23.5 Å². The minimum Gasteiger partial charge on any atom is -0.326 e. The van der Waals surface area contributed by atoms with Crippen LogP contribution in [0, 0.1) is 6.92 Å². The number of hydrogen-bond acceptors (Lipinski definition) is 3. The predicted molar refractivity (Wildman–Crippen MR) is 137 cm³/mol. The SMILES string of the molecule is Cc1ccccc1CC(=O)Nc1ccc(C(=O)N2Cc3ccccc3Sc3ccccc32)cc1. The average molecular weight is 465 g/mol. The van der Waals surface area contributed by atoms with Gasteiger partial charge in [-0.15, -0.1) is 0 Å². The van der Waals surface area contributed by atoms with E-state index in [0.29, 0.717) is 24.2 Å². The minimum atomic E-state index is -0.0801. The molecule has 0 bridgehead atoms. The molecule has 168 valence electrons. The fourth-order valence-corrected chi connectivity index (χ4v) is 5.17. The van der Waals surface area contributed by atoms with Crippen molar-refractivity contribution in [3.8, 4) is 0 Å². The number of carbonyl (C=O) groups is 2. The van der Waals surface area contributed by atoms with Crippen LogP contribution in [0.3, 0.4) is 0 Å². The smallest absolute Gasteiger partial charge is 0.258 e. The molecule has 1 aliphatic rings. The van der Waals surface area contributed by atoms with Crippen molar-refractivity contribution in [3.05, 3.63) is 119 Å². The van der Waals surface area contributed by atoms with Crippen molar-refractivity contribution in [3.63, 3.8) is 0 Å². The van der Waals surface area contributed by atoms with Gasteiger partial charge in [-0.3, -0.25) is 9.59 Å². The standard InChI is InChI=1S/C29H24N2O2S/c1-20-8-2-3-9-22(20)18-28(32)30-24-16-14-21(15-17-24)29(33)31-19-23-10-4-6-12-26(23)34-27-13-7-5-11-25(27)31/h2-17H,18-19H2,1H3,(H,30,32). The maximum atomic E-state index is 13.6. The van der Waals surface area contributed by atoms with Crippen LogP contribution >= 0.6 is 11.8 Å². The Morgan fingerprint density at radius 1 is 0.824 bits per heavy atom. The molecule has 1 aliphatic heterocycles. The van der Waals surface area contributed by atoms with Gasteiger partial charge in [0.15, 0.2) is 0 Å². The van der Waals surface area contributed by atoms with Gasteiger partial charge in [0, 0.05) is 21.0 Å². The Balaban J connectivity index is 1.35. The summed E-state index contributed by atoms with van der Waals surface area (Å²) < 4.78 is 0. The Bertz CT molecular complexity index is 1360. The molecule has 0 fully saturated rings. The summed E-state index contributed by atoms with van der Waals surface area (Å²) in [5, 5.41) is 2.93. The molecule has 0 aromatic heterocycles. The molecule has 2 amide bonds. The number of rotatable bonds is 4. The van der Waals surface area contributed by atoms with Crippen LogP contribution in [0.1, 0.15) is 27.0 Å². The highest BCUT2D eigenvalue weighted by atomic mass is 32.2. The Kier molecular flexibility index (Phi) is 6.19. The topological polar surface area (TPSA) is 49.4 Å². The van der Waals surface area contributed by atoms with Crippen LogP contribution < -0.4 is 10.2 Å². The van der Waals surface area contributed by atoms with E-state index in [1.165, 1.54) is 0 Å². The van der Waals surface area contributed by atoms with E-state index >= 15 is 0 Å². The highest BCUT2D eigenvalue weighted by Gasteiger charge is 2.25.